The number of hydrogen-bond acceptors (Lipinski definition) is 10. The number of morpholine rings is 1. The van der Waals surface area contributed by atoms with Crippen LogP contribution in [0.25, 0.3) is 33.5 Å². The third kappa shape index (κ3) is 5.35. The lowest BCUT2D eigenvalue weighted by Crippen LogP contribution is -2.37. The first-order chi connectivity index (χ1) is 18.1. The summed E-state index contributed by atoms with van der Waals surface area (Å²) in [4.78, 5) is 18.4. The van der Waals surface area contributed by atoms with E-state index < -0.39 is 0 Å². The molecule has 11 nitrogen and oxygen atoms in total. The third-order valence-electron chi connectivity index (χ3n) is 6.14. The number of benzene rings is 1. The van der Waals surface area contributed by atoms with Crippen molar-refractivity contribution in [2.75, 3.05) is 63.8 Å². The summed E-state index contributed by atoms with van der Waals surface area (Å²) >= 11 is 0. The highest BCUT2D eigenvalue weighted by Crippen LogP contribution is 2.35. The molecule has 0 saturated carbocycles. The van der Waals surface area contributed by atoms with E-state index in [9.17, 15) is 0 Å². The first-order valence-electron chi connectivity index (χ1n) is 12.2. The maximum absolute atomic E-state index is 6.21. The van der Waals surface area contributed by atoms with Gasteiger partial charge in [0.05, 0.1) is 24.3 Å². The molecule has 0 amide bonds. The number of nitrogens with one attached hydrogen (secondary N) is 2. The number of H-pyrrole nitrogens is 1. The zero-order chi connectivity index (χ0) is 25.2. The minimum absolute atomic E-state index is 0. The van der Waals surface area contributed by atoms with Gasteiger partial charge in [-0.25, -0.2) is 4.98 Å². The number of likely N-dealkylation sites (N-methyl/N-ethyl adjacent to an activating group) is 1. The van der Waals surface area contributed by atoms with Crippen LogP contribution in [0.2, 0.25) is 0 Å². The number of halogens is 1. The van der Waals surface area contributed by atoms with Crippen molar-refractivity contribution in [3.63, 3.8) is 0 Å². The Bertz CT molecular complexity index is 1520. The van der Waals surface area contributed by atoms with Crippen LogP contribution in [0.3, 0.4) is 0 Å². The van der Waals surface area contributed by atoms with Gasteiger partial charge >= 0.3 is 0 Å². The Morgan fingerprint density at radius 3 is 2.66 bits per heavy atom. The maximum atomic E-state index is 6.21. The van der Waals surface area contributed by atoms with Crippen molar-refractivity contribution in [3.05, 3.63) is 48.5 Å². The molecular formula is C26H29ClN8O3. The van der Waals surface area contributed by atoms with Gasteiger partial charge < -0.3 is 29.0 Å². The van der Waals surface area contributed by atoms with Crippen LogP contribution in [0.4, 0.5) is 17.6 Å². The molecule has 0 unspecified atom stereocenters. The number of pyridine rings is 1. The monoisotopic (exact) mass is 536 g/mol. The normalized spacial score (nSPS) is 13.7. The van der Waals surface area contributed by atoms with Gasteiger partial charge in [0.25, 0.3) is 0 Å². The smallest absolute Gasteiger partial charge is 0.232 e. The van der Waals surface area contributed by atoms with Gasteiger partial charge in [-0.1, -0.05) is 30.3 Å². The first-order valence-corrected chi connectivity index (χ1v) is 12.2. The fourth-order valence-electron chi connectivity index (χ4n) is 4.22. The van der Waals surface area contributed by atoms with Gasteiger partial charge in [-0.2, -0.15) is 15.1 Å². The SMILES string of the molecule is CN(C)CCOc1ccc2c(n1)oc1c(N3CCOCC3)nc(Nc3cc(-c4ccccc4)[nH]n3)nc12.Cl. The Morgan fingerprint density at radius 1 is 1.05 bits per heavy atom. The van der Waals surface area contributed by atoms with Gasteiger partial charge in [0, 0.05) is 31.8 Å². The largest absolute Gasteiger partial charge is 0.476 e. The lowest BCUT2D eigenvalue weighted by molar-refractivity contribution is 0.122. The molecule has 0 aliphatic carbocycles. The van der Waals surface area contributed by atoms with Crippen LogP contribution < -0.4 is 15.0 Å². The van der Waals surface area contributed by atoms with Gasteiger partial charge in [-0.3, -0.25) is 5.10 Å². The zero-order valence-corrected chi connectivity index (χ0v) is 22.0. The summed E-state index contributed by atoms with van der Waals surface area (Å²) in [5.41, 5.74) is 3.68. The molecule has 4 aromatic heterocycles. The van der Waals surface area contributed by atoms with Crippen molar-refractivity contribution in [1.29, 1.82) is 0 Å². The number of furan rings is 1. The number of ether oxygens (including phenoxy) is 2. The van der Waals surface area contributed by atoms with E-state index in [2.05, 4.69) is 30.3 Å². The summed E-state index contributed by atoms with van der Waals surface area (Å²) in [5, 5.41) is 11.5. The standard InChI is InChI=1S/C26H28N8O3.ClH/c1-33(2)10-15-36-21-9-8-18-22-23(37-25(18)28-21)24(34-11-13-35-14-12-34)30-26(29-22)27-20-16-19(31-32-20)17-6-4-3-5-7-17;/h3-9,16H,10-15H2,1-2H3,(H2,27,29,30,31,32);1H. The van der Waals surface area contributed by atoms with Crippen molar-refractivity contribution in [2.45, 2.75) is 0 Å². The average molecular weight is 537 g/mol. The van der Waals surface area contributed by atoms with Gasteiger partial charge in [-0.15, -0.1) is 12.4 Å². The molecule has 6 rings (SSSR count). The van der Waals surface area contributed by atoms with Crippen molar-refractivity contribution >= 4 is 52.2 Å². The molecule has 0 bridgehead atoms. The van der Waals surface area contributed by atoms with E-state index in [0.717, 1.165) is 23.2 Å². The molecule has 1 saturated heterocycles. The van der Waals surface area contributed by atoms with E-state index in [1.165, 1.54) is 0 Å². The molecule has 0 radical (unpaired) electrons. The lowest BCUT2D eigenvalue weighted by Gasteiger charge is -2.27. The second-order valence-corrected chi connectivity index (χ2v) is 9.06. The Balaban J connectivity index is 0.00000294. The van der Waals surface area contributed by atoms with E-state index in [1.54, 1.807) is 0 Å². The van der Waals surface area contributed by atoms with Crippen LogP contribution in [0.1, 0.15) is 0 Å². The maximum Gasteiger partial charge on any atom is 0.232 e. The molecule has 198 valence electrons. The van der Waals surface area contributed by atoms with E-state index in [4.69, 9.17) is 23.9 Å². The molecular weight excluding hydrogens is 508 g/mol. The number of rotatable bonds is 8. The van der Waals surface area contributed by atoms with Gasteiger partial charge in [0.2, 0.25) is 17.5 Å². The number of fused-ring (bicyclic) bond motifs is 3. The molecule has 2 N–H and O–H groups in total. The molecule has 5 aromatic rings. The van der Waals surface area contributed by atoms with Crippen molar-refractivity contribution in [3.8, 4) is 17.1 Å². The fourth-order valence-corrected chi connectivity index (χ4v) is 4.22. The van der Waals surface area contributed by atoms with Crippen LogP contribution in [0.5, 0.6) is 5.88 Å². The molecule has 38 heavy (non-hydrogen) atoms. The van der Waals surface area contributed by atoms with Crippen LogP contribution in [-0.4, -0.2) is 83.6 Å². The minimum Gasteiger partial charge on any atom is -0.476 e. The van der Waals surface area contributed by atoms with Gasteiger partial charge in [0.15, 0.2) is 17.2 Å². The molecule has 0 spiro atoms. The zero-order valence-electron chi connectivity index (χ0n) is 21.2. The van der Waals surface area contributed by atoms with Crippen molar-refractivity contribution in [2.24, 2.45) is 0 Å². The highest BCUT2D eigenvalue weighted by molar-refractivity contribution is 6.05. The van der Waals surface area contributed by atoms with E-state index in [-0.39, 0.29) is 12.4 Å². The van der Waals surface area contributed by atoms with Crippen LogP contribution in [0.15, 0.2) is 52.9 Å². The lowest BCUT2D eigenvalue weighted by atomic mass is 10.2. The second-order valence-electron chi connectivity index (χ2n) is 9.06. The second kappa shape index (κ2) is 11.2. The van der Waals surface area contributed by atoms with E-state index in [1.807, 2.05) is 62.6 Å². The number of nitrogens with zero attached hydrogens (tertiary/aromatic N) is 6. The number of hydrogen-bond donors (Lipinski definition) is 2. The molecule has 5 heterocycles. The minimum atomic E-state index is 0. The Kier molecular flexibility index (Phi) is 7.59. The predicted molar refractivity (Wildman–Crippen MR) is 149 cm³/mol. The summed E-state index contributed by atoms with van der Waals surface area (Å²) in [7, 11) is 4.00. The van der Waals surface area contributed by atoms with Gasteiger partial charge in [-0.05, 0) is 25.7 Å². The quantitative estimate of drug-likeness (QED) is 0.300. The number of aromatic amines is 1. The van der Waals surface area contributed by atoms with E-state index >= 15 is 0 Å². The number of anilines is 3. The molecule has 1 aromatic carbocycles. The fraction of sp³-hybridized carbons (Fsp3) is 0.308. The average Bonchev–Trinajstić information content (AvgIpc) is 3.53. The Morgan fingerprint density at radius 2 is 1.87 bits per heavy atom. The summed E-state index contributed by atoms with van der Waals surface area (Å²) in [6.07, 6.45) is 0. The molecule has 12 heteroatoms. The molecule has 1 aliphatic heterocycles. The summed E-state index contributed by atoms with van der Waals surface area (Å²) in [5.74, 6) is 2.25. The first kappa shape index (κ1) is 25.7. The van der Waals surface area contributed by atoms with Crippen LogP contribution in [0, 0.1) is 0 Å². The summed E-state index contributed by atoms with van der Waals surface area (Å²) < 4.78 is 17.6. The number of aromatic nitrogens is 5. The van der Waals surface area contributed by atoms with Crippen molar-refractivity contribution < 1.29 is 13.9 Å². The summed E-state index contributed by atoms with van der Waals surface area (Å²) in [6, 6.07) is 15.7. The molecule has 0 atom stereocenters. The Hall–Kier alpha value is -3.93. The highest BCUT2D eigenvalue weighted by Gasteiger charge is 2.23. The van der Waals surface area contributed by atoms with Crippen molar-refractivity contribution in [1.82, 2.24) is 30.0 Å². The molecule has 1 aliphatic rings. The van der Waals surface area contributed by atoms with E-state index in [0.29, 0.717) is 73.2 Å². The molecule has 1 fully saturated rings. The third-order valence-corrected chi connectivity index (χ3v) is 6.14. The highest BCUT2D eigenvalue weighted by atomic mass is 35.5. The summed E-state index contributed by atoms with van der Waals surface area (Å²) in [6.45, 7) is 3.98. The predicted octanol–water partition coefficient (Wildman–Crippen LogP) is 4.10. The Labute approximate surface area is 225 Å². The topological polar surface area (TPSA) is 117 Å². The van der Waals surface area contributed by atoms with Crippen LogP contribution in [-0.2, 0) is 4.74 Å². The van der Waals surface area contributed by atoms with Crippen LogP contribution >= 0.6 is 12.4 Å². The van der Waals surface area contributed by atoms with Gasteiger partial charge in [0.1, 0.15) is 12.1 Å².